The van der Waals surface area contributed by atoms with Crippen LogP contribution in [0.1, 0.15) is 15.9 Å². The molecule has 0 saturated heterocycles. The summed E-state index contributed by atoms with van der Waals surface area (Å²) in [5.41, 5.74) is 5.20. The normalized spacial score (nSPS) is 11.1. The van der Waals surface area contributed by atoms with Gasteiger partial charge in [0, 0.05) is 11.1 Å². The number of halogens is 1. The first-order chi connectivity index (χ1) is 11.8. The minimum atomic E-state index is -0.152. The number of benzene rings is 3. The molecule has 3 nitrogen and oxygen atoms in total. The minimum absolute atomic E-state index is 0.152. The van der Waals surface area contributed by atoms with Crippen LogP contribution in [0.4, 0.5) is 5.69 Å². The maximum atomic E-state index is 12.8. The van der Waals surface area contributed by atoms with E-state index in [4.69, 9.17) is 11.6 Å². The monoisotopic (exact) mass is 334 g/mol. The number of hydrogen-bond acceptors (Lipinski definition) is 3. The van der Waals surface area contributed by atoms with E-state index >= 15 is 0 Å². The Bertz CT molecular complexity index is 861. The summed E-state index contributed by atoms with van der Waals surface area (Å²) in [6.07, 6.45) is 0. The second-order valence-corrected chi connectivity index (χ2v) is 5.52. The number of nitrogens with one attached hydrogen (secondary N) is 1. The summed E-state index contributed by atoms with van der Waals surface area (Å²) in [6, 6.07) is 25.7. The number of hydrazone groups is 1. The van der Waals surface area contributed by atoms with Crippen LogP contribution in [0.3, 0.4) is 0 Å². The number of rotatable bonds is 5. The van der Waals surface area contributed by atoms with E-state index in [1.165, 1.54) is 0 Å². The third kappa shape index (κ3) is 3.70. The minimum Gasteiger partial charge on any atom is -0.287 e. The Hall–Kier alpha value is -2.91. The fourth-order valence-electron chi connectivity index (χ4n) is 2.24. The maximum Gasteiger partial charge on any atom is 0.213 e. The summed E-state index contributed by atoms with van der Waals surface area (Å²) in [5.74, 6) is -0.152. The number of para-hydroxylation sites is 1. The van der Waals surface area contributed by atoms with E-state index in [2.05, 4.69) is 10.5 Å². The fourth-order valence-corrected chi connectivity index (χ4v) is 2.41. The molecule has 4 heteroatoms. The SMILES string of the molecule is O=C(/C(=N/Nc1ccccc1Cl)c1ccccc1)c1ccccc1. The van der Waals surface area contributed by atoms with E-state index in [1.54, 1.807) is 24.3 Å². The van der Waals surface area contributed by atoms with Gasteiger partial charge in [0.2, 0.25) is 5.78 Å². The van der Waals surface area contributed by atoms with E-state index in [-0.39, 0.29) is 5.78 Å². The highest BCUT2D eigenvalue weighted by molar-refractivity contribution is 6.51. The first-order valence-corrected chi connectivity index (χ1v) is 7.87. The van der Waals surface area contributed by atoms with Crippen LogP contribution in [0, 0.1) is 0 Å². The molecule has 1 N–H and O–H groups in total. The summed E-state index contributed by atoms with van der Waals surface area (Å²) < 4.78 is 0. The Morgan fingerprint density at radius 2 is 1.29 bits per heavy atom. The van der Waals surface area contributed by atoms with Gasteiger partial charge in [-0.15, -0.1) is 0 Å². The van der Waals surface area contributed by atoms with E-state index < -0.39 is 0 Å². The Morgan fingerprint density at radius 1 is 0.750 bits per heavy atom. The van der Waals surface area contributed by atoms with Crippen molar-refractivity contribution in [2.45, 2.75) is 0 Å². The molecule has 0 bridgehead atoms. The predicted molar refractivity (Wildman–Crippen MR) is 98.8 cm³/mol. The third-order valence-electron chi connectivity index (χ3n) is 3.46. The molecule has 0 atom stereocenters. The summed E-state index contributed by atoms with van der Waals surface area (Å²) in [6.45, 7) is 0. The average Bonchev–Trinajstić information content (AvgIpc) is 2.65. The topological polar surface area (TPSA) is 41.5 Å². The molecular formula is C20H15ClN2O. The van der Waals surface area contributed by atoms with Crippen molar-refractivity contribution in [2.24, 2.45) is 5.10 Å². The van der Waals surface area contributed by atoms with Crippen LogP contribution in [0.15, 0.2) is 90.0 Å². The second kappa shape index (κ2) is 7.57. The van der Waals surface area contributed by atoms with Crippen molar-refractivity contribution >= 4 is 28.8 Å². The Labute approximate surface area is 145 Å². The van der Waals surface area contributed by atoms with Gasteiger partial charge in [-0.2, -0.15) is 5.10 Å². The fraction of sp³-hybridized carbons (Fsp3) is 0. The molecule has 0 amide bonds. The number of nitrogens with zero attached hydrogens (tertiary/aromatic N) is 1. The van der Waals surface area contributed by atoms with Crippen LogP contribution in [-0.2, 0) is 0 Å². The van der Waals surface area contributed by atoms with E-state index in [0.29, 0.717) is 22.0 Å². The molecule has 0 spiro atoms. The second-order valence-electron chi connectivity index (χ2n) is 5.11. The van der Waals surface area contributed by atoms with Crippen molar-refractivity contribution in [3.05, 3.63) is 101 Å². The van der Waals surface area contributed by atoms with Crippen LogP contribution < -0.4 is 5.43 Å². The Kier molecular flexibility index (Phi) is 5.04. The van der Waals surface area contributed by atoms with Gasteiger partial charge in [-0.05, 0) is 12.1 Å². The molecule has 0 saturated carbocycles. The molecule has 0 fully saturated rings. The molecule has 0 aliphatic rings. The molecule has 3 rings (SSSR count). The van der Waals surface area contributed by atoms with Crippen LogP contribution >= 0.6 is 11.6 Å². The maximum absolute atomic E-state index is 12.8. The van der Waals surface area contributed by atoms with E-state index in [9.17, 15) is 4.79 Å². The zero-order chi connectivity index (χ0) is 16.8. The van der Waals surface area contributed by atoms with Crippen LogP contribution in [0.25, 0.3) is 0 Å². The van der Waals surface area contributed by atoms with Gasteiger partial charge >= 0.3 is 0 Å². The number of carbonyl (C=O) groups is 1. The predicted octanol–water partition coefficient (Wildman–Crippen LogP) is 5.04. The highest BCUT2D eigenvalue weighted by Gasteiger charge is 2.16. The first-order valence-electron chi connectivity index (χ1n) is 7.49. The molecule has 24 heavy (non-hydrogen) atoms. The molecular weight excluding hydrogens is 320 g/mol. The number of carbonyl (C=O) groups excluding carboxylic acids is 1. The van der Waals surface area contributed by atoms with Crippen molar-refractivity contribution in [2.75, 3.05) is 5.43 Å². The van der Waals surface area contributed by atoms with Gasteiger partial charge in [0.05, 0.1) is 10.7 Å². The van der Waals surface area contributed by atoms with Gasteiger partial charge in [0.25, 0.3) is 0 Å². The summed E-state index contributed by atoms with van der Waals surface area (Å²) in [7, 11) is 0. The van der Waals surface area contributed by atoms with Gasteiger partial charge in [0.1, 0.15) is 5.71 Å². The lowest BCUT2D eigenvalue weighted by molar-refractivity contribution is 0.106. The summed E-state index contributed by atoms with van der Waals surface area (Å²) in [5, 5.41) is 4.88. The lowest BCUT2D eigenvalue weighted by Crippen LogP contribution is -2.17. The molecule has 3 aromatic carbocycles. The Morgan fingerprint density at radius 3 is 1.92 bits per heavy atom. The lowest BCUT2D eigenvalue weighted by atomic mass is 10.0. The number of hydrogen-bond donors (Lipinski definition) is 1. The van der Waals surface area contributed by atoms with Crippen LogP contribution in [0.2, 0.25) is 5.02 Å². The zero-order valence-corrected chi connectivity index (χ0v) is 13.6. The Balaban J connectivity index is 1.98. The molecule has 0 aromatic heterocycles. The van der Waals surface area contributed by atoms with Gasteiger partial charge in [0.15, 0.2) is 0 Å². The standard InChI is InChI=1S/C20H15ClN2O/c21-17-13-7-8-14-18(17)22-23-19(15-9-3-1-4-10-15)20(24)16-11-5-2-6-12-16/h1-14,22H/b23-19+. The van der Waals surface area contributed by atoms with Gasteiger partial charge in [-0.25, -0.2) is 0 Å². The molecule has 118 valence electrons. The highest BCUT2D eigenvalue weighted by atomic mass is 35.5. The van der Waals surface area contributed by atoms with Crippen molar-refractivity contribution in [1.82, 2.24) is 0 Å². The summed E-state index contributed by atoms with van der Waals surface area (Å²) >= 11 is 6.13. The first kappa shape index (κ1) is 16.0. The number of Topliss-reactive ketones (excluding diaryl/α,β-unsaturated/α-hetero) is 1. The van der Waals surface area contributed by atoms with E-state index in [1.807, 2.05) is 60.7 Å². The molecule has 0 radical (unpaired) electrons. The van der Waals surface area contributed by atoms with Crippen molar-refractivity contribution < 1.29 is 4.79 Å². The quantitative estimate of drug-likeness (QED) is 0.403. The zero-order valence-electron chi connectivity index (χ0n) is 12.8. The third-order valence-corrected chi connectivity index (χ3v) is 3.79. The largest absolute Gasteiger partial charge is 0.287 e. The molecule has 0 heterocycles. The highest BCUT2D eigenvalue weighted by Crippen LogP contribution is 2.20. The molecule has 0 aliphatic heterocycles. The van der Waals surface area contributed by atoms with Crippen LogP contribution in [-0.4, -0.2) is 11.5 Å². The van der Waals surface area contributed by atoms with Crippen molar-refractivity contribution in [3.63, 3.8) is 0 Å². The number of ketones is 1. The van der Waals surface area contributed by atoms with Gasteiger partial charge in [-0.1, -0.05) is 84.4 Å². The number of anilines is 1. The van der Waals surface area contributed by atoms with Gasteiger partial charge in [-0.3, -0.25) is 10.2 Å². The van der Waals surface area contributed by atoms with Crippen molar-refractivity contribution in [1.29, 1.82) is 0 Å². The van der Waals surface area contributed by atoms with Crippen molar-refractivity contribution in [3.8, 4) is 0 Å². The summed E-state index contributed by atoms with van der Waals surface area (Å²) in [4.78, 5) is 12.8. The smallest absolute Gasteiger partial charge is 0.213 e. The average molecular weight is 335 g/mol. The molecule has 0 aliphatic carbocycles. The molecule has 3 aromatic rings. The van der Waals surface area contributed by atoms with Crippen LogP contribution in [0.5, 0.6) is 0 Å². The lowest BCUT2D eigenvalue weighted by Gasteiger charge is -2.08. The van der Waals surface area contributed by atoms with Gasteiger partial charge < -0.3 is 0 Å². The molecule has 0 unspecified atom stereocenters. The van der Waals surface area contributed by atoms with E-state index in [0.717, 1.165) is 5.56 Å².